The third-order valence-corrected chi connectivity index (χ3v) is 14.2. The molecule has 0 saturated carbocycles. The first-order valence-electron chi connectivity index (χ1n) is 21.1. The molecule has 0 bridgehead atoms. The van der Waals surface area contributed by atoms with Crippen LogP contribution in [-0.4, -0.2) is 12.1 Å². The van der Waals surface area contributed by atoms with Crippen LogP contribution in [0.15, 0.2) is 186 Å². The lowest BCUT2D eigenvalue weighted by molar-refractivity contribution is 0.174. The summed E-state index contributed by atoms with van der Waals surface area (Å²) in [5.41, 5.74) is 13.4. The third kappa shape index (κ3) is 6.33. The van der Waals surface area contributed by atoms with Crippen LogP contribution in [-0.2, 0) is 4.74 Å². The van der Waals surface area contributed by atoms with E-state index in [1.807, 2.05) is 11.3 Å². The Labute approximate surface area is 340 Å². The van der Waals surface area contributed by atoms with Gasteiger partial charge in [0.15, 0.2) is 0 Å². The van der Waals surface area contributed by atoms with Crippen LogP contribution < -0.4 is 14.7 Å². The molecule has 0 saturated heterocycles. The van der Waals surface area contributed by atoms with Crippen molar-refractivity contribution < 1.29 is 4.74 Å². The summed E-state index contributed by atoms with van der Waals surface area (Å²) >= 11 is 1.98. The van der Waals surface area contributed by atoms with Crippen LogP contribution in [0, 0.1) is 11.8 Å². The van der Waals surface area contributed by atoms with Gasteiger partial charge in [0.25, 0.3) is 0 Å². The van der Waals surface area contributed by atoms with E-state index in [0.29, 0.717) is 11.8 Å². The maximum Gasteiger partial charge on any atom is 0.128 e. The number of allylic oxidation sites excluding steroid dienone is 14. The minimum atomic E-state index is 0.0879. The summed E-state index contributed by atoms with van der Waals surface area (Å²) in [6, 6.07) is 27.4. The molecule has 3 heteroatoms. The molecule has 2 nitrogen and oxygen atoms in total. The van der Waals surface area contributed by atoms with E-state index in [-0.39, 0.29) is 12.1 Å². The fraction of sp³-hybridized carbons (Fsp3) is 0.222. The summed E-state index contributed by atoms with van der Waals surface area (Å²) in [5.74, 6) is 1.87. The zero-order valence-electron chi connectivity index (χ0n) is 32.3. The topological polar surface area (TPSA) is 12.5 Å². The molecule has 11 rings (SSSR count). The molecular formula is C54H47NOS. The molecule has 4 atom stereocenters. The zero-order valence-corrected chi connectivity index (χ0v) is 33.1. The van der Waals surface area contributed by atoms with Crippen molar-refractivity contribution in [1.82, 2.24) is 0 Å². The minimum absolute atomic E-state index is 0.0879. The summed E-state index contributed by atoms with van der Waals surface area (Å²) in [6.45, 7) is 0. The van der Waals surface area contributed by atoms with E-state index in [9.17, 15) is 0 Å². The average Bonchev–Trinajstić information content (AvgIpc) is 3.86. The predicted molar refractivity (Wildman–Crippen MR) is 241 cm³/mol. The lowest BCUT2D eigenvalue weighted by atomic mass is 9.83. The molecule has 57 heavy (non-hydrogen) atoms. The maximum absolute atomic E-state index is 6.45. The molecule has 3 aromatic carbocycles. The third-order valence-electron chi connectivity index (χ3n) is 12.9. The van der Waals surface area contributed by atoms with Gasteiger partial charge in [0.1, 0.15) is 11.9 Å². The number of fused-ring (bicyclic) bond motifs is 5. The maximum atomic E-state index is 6.45. The highest BCUT2D eigenvalue weighted by Crippen LogP contribution is 2.43. The van der Waals surface area contributed by atoms with Gasteiger partial charge in [-0.2, -0.15) is 0 Å². The van der Waals surface area contributed by atoms with Crippen molar-refractivity contribution in [1.29, 1.82) is 0 Å². The van der Waals surface area contributed by atoms with Gasteiger partial charge >= 0.3 is 0 Å². The monoisotopic (exact) mass is 757 g/mol. The van der Waals surface area contributed by atoms with Crippen LogP contribution in [0.5, 0.6) is 0 Å². The Bertz CT molecular complexity index is 2720. The van der Waals surface area contributed by atoms with E-state index in [1.165, 1.54) is 75.8 Å². The number of rotatable bonds is 7. The van der Waals surface area contributed by atoms with Crippen molar-refractivity contribution in [2.45, 2.75) is 63.5 Å². The van der Waals surface area contributed by atoms with Gasteiger partial charge in [0.2, 0.25) is 0 Å². The first-order valence-corrected chi connectivity index (χ1v) is 21.9. The fourth-order valence-corrected chi connectivity index (χ4v) is 11.4. The molecule has 1 aliphatic heterocycles. The van der Waals surface area contributed by atoms with Crippen LogP contribution in [0.3, 0.4) is 0 Å². The largest absolute Gasteiger partial charge is 0.485 e. The van der Waals surface area contributed by atoms with Crippen molar-refractivity contribution in [2.75, 3.05) is 4.90 Å². The van der Waals surface area contributed by atoms with Crippen LogP contribution in [0.2, 0.25) is 0 Å². The van der Waals surface area contributed by atoms with Crippen molar-refractivity contribution in [3.63, 3.8) is 0 Å². The Morgan fingerprint density at radius 3 is 2.39 bits per heavy atom. The Morgan fingerprint density at radius 1 is 0.632 bits per heavy atom. The fourth-order valence-electron chi connectivity index (χ4n) is 10.0. The molecule has 0 spiro atoms. The molecule has 0 N–H and O–H groups in total. The van der Waals surface area contributed by atoms with Gasteiger partial charge in [-0.25, -0.2) is 0 Å². The van der Waals surface area contributed by atoms with Crippen LogP contribution in [0.4, 0.5) is 5.69 Å². The summed E-state index contributed by atoms with van der Waals surface area (Å²) < 4.78 is 9.25. The number of ether oxygens (including phenoxy) is 1. The highest BCUT2D eigenvalue weighted by Gasteiger charge is 2.35. The number of nitrogens with zero attached hydrogens (tertiary/aromatic N) is 1. The summed E-state index contributed by atoms with van der Waals surface area (Å²) in [5, 5.41) is 2.77. The van der Waals surface area contributed by atoms with Gasteiger partial charge in [0, 0.05) is 33.3 Å². The first kappa shape index (κ1) is 34.6. The lowest BCUT2D eigenvalue weighted by Crippen LogP contribution is -2.40. The van der Waals surface area contributed by atoms with Gasteiger partial charge in [-0.1, -0.05) is 140 Å². The number of anilines is 1. The number of thiophene rings is 1. The molecule has 0 radical (unpaired) electrons. The molecular weight excluding hydrogens is 711 g/mol. The molecule has 2 heterocycles. The van der Waals surface area contributed by atoms with E-state index < -0.39 is 0 Å². The molecule has 0 amide bonds. The smallest absolute Gasteiger partial charge is 0.128 e. The molecule has 4 unspecified atom stereocenters. The Balaban J connectivity index is 0.963. The zero-order chi connectivity index (χ0) is 37.7. The normalized spacial score (nSPS) is 24.5. The van der Waals surface area contributed by atoms with Crippen LogP contribution in [0.1, 0.15) is 56.9 Å². The molecule has 4 aromatic rings. The number of hydrogen-bond donors (Lipinski definition) is 0. The van der Waals surface area contributed by atoms with Gasteiger partial charge in [-0.3, -0.25) is 0 Å². The molecule has 7 aliphatic rings. The highest BCUT2D eigenvalue weighted by molar-refractivity contribution is 7.17. The Kier molecular flexibility index (Phi) is 8.92. The van der Waals surface area contributed by atoms with E-state index >= 15 is 0 Å². The lowest BCUT2D eigenvalue weighted by Gasteiger charge is -2.36. The SMILES string of the molecule is C1=CC(C2=CC(C3=CCC(N(C4=c5sc6c(-c7ccccc7)cccc6c5=CCC4)c4ccc(C5=CC6OC7=C(CCC=C7)C6C=C5)cc4)C=C3)CC=C2)=CCC1. The van der Waals surface area contributed by atoms with E-state index in [4.69, 9.17) is 4.74 Å². The summed E-state index contributed by atoms with van der Waals surface area (Å²) in [4.78, 5) is 2.68. The van der Waals surface area contributed by atoms with E-state index in [1.54, 1.807) is 0 Å². The quantitative estimate of drug-likeness (QED) is 0.186. The number of benzene rings is 3. The van der Waals surface area contributed by atoms with E-state index in [0.717, 1.165) is 57.1 Å². The standard InChI is InChI=1S/C54H47NOS/c1-3-12-36(13-4-1)40-16-9-17-41(34-40)37-24-29-43(30-25-37)55(44-31-26-38(27-32-44)42-28-33-47-46-18-7-8-23-51(46)56-52(47)35-42)50-22-11-21-49-48-20-10-19-45(53(48)57-54(49)50)39-14-5-2-6-15-39/h2-3,5-6,8-10,12-16,19-21,23-29,31-35,41,43,47,52H,1,4,7,11,17-18,22,30H2. The van der Waals surface area contributed by atoms with Crippen molar-refractivity contribution in [3.05, 3.63) is 201 Å². The summed E-state index contributed by atoms with van der Waals surface area (Å²) in [6.07, 6.45) is 44.3. The van der Waals surface area contributed by atoms with Crippen molar-refractivity contribution in [3.8, 4) is 11.1 Å². The second-order valence-electron chi connectivity index (χ2n) is 16.3. The van der Waals surface area contributed by atoms with Gasteiger partial charge in [0.05, 0.1) is 10.6 Å². The van der Waals surface area contributed by atoms with Gasteiger partial charge in [-0.15, -0.1) is 11.3 Å². The second kappa shape index (κ2) is 14.7. The molecule has 6 aliphatic carbocycles. The predicted octanol–water partition coefficient (Wildman–Crippen LogP) is 12.4. The van der Waals surface area contributed by atoms with Gasteiger partial charge < -0.3 is 9.64 Å². The second-order valence-corrected chi connectivity index (χ2v) is 17.3. The van der Waals surface area contributed by atoms with Crippen LogP contribution >= 0.6 is 11.3 Å². The highest BCUT2D eigenvalue weighted by atomic mass is 32.1. The summed E-state index contributed by atoms with van der Waals surface area (Å²) in [7, 11) is 0. The average molecular weight is 758 g/mol. The molecule has 0 fully saturated rings. The first-order chi connectivity index (χ1) is 28.2. The Morgan fingerprint density at radius 2 is 1.53 bits per heavy atom. The van der Waals surface area contributed by atoms with E-state index in [2.05, 4.69) is 169 Å². The van der Waals surface area contributed by atoms with Crippen LogP contribution in [0.25, 0.3) is 38.6 Å². The minimum Gasteiger partial charge on any atom is -0.485 e. The molecule has 280 valence electrons. The van der Waals surface area contributed by atoms with Gasteiger partial charge in [-0.05, 0) is 125 Å². The Hall–Kier alpha value is -5.64. The molecule has 1 aromatic heterocycles. The number of hydrogen-bond acceptors (Lipinski definition) is 3. The van der Waals surface area contributed by atoms with Crippen molar-refractivity contribution in [2.24, 2.45) is 11.8 Å². The van der Waals surface area contributed by atoms with Crippen molar-refractivity contribution >= 4 is 44.5 Å².